The second-order valence-electron chi connectivity index (χ2n) is 6.13. The minimum Gasteiger partial charge on any atom is -0.456 e. The van der Waals surface area contributed by atoms with Crippen LogP contribution < -0.4 is 10.7 Å². The zero-order valence-electron chi connectivity index (χ0n) is 14.6. The molecule has 4 rings (SSSR count). The van der Waals surface area contributed by atoms with Gasteiger partial charge >= 0.3 is 0 Å². The van der Waals surface area contributed by atoms with Gasteiger partial charge in [-0.2, -0.15) is 0 Å². The Kier molecular flexibility index (Phi) is 4.33. The molecule has 1 fully saturated rings. The molecule has 134 valence electrons. The fourth-order valence-electron chi connectivity index (χ4n) is 3.05. The van der Waals surface area contributed by atoms with Crippen LogP contribution >= 0.6 is 12.2 Å². The van der Waals surface area contributed by atoms with E-state index in [0.717, 1.165) is 11.1 Å². The van der Waals surface area contributed by atoms with Crippen LogP contribution in [0.3, 0.4) is 0 Å². The molecule has 1 aliphatic heterocycles. The summed E-state index contributed by atoms with van der Waals surface area (Å²) in [7, 11) is 0. The van der Waals surface area contributed by atoms with Crippen LogP contribution in [0.1, 0.15) is 12.5 Å². The molecule has 1 saturated heterocycles. The number of rotatable bonds is 3. The standard InChI is InChI=1S/C21H16N2O3S/c1-2-23-20(25)16(22-21(23)27)11-13-6-5-7-14(10-13)19-12-17(24)15-8-3-4-9-18(15)26-19/h3-12H,2H2,1H3,(H,22,27)/b16-11+. The Morgan fingerprint density at radius 1 is 1.11 bits per heavy atom. The van der Waals surface area contributed by atoms with Gasteiger partial charge in [0, 0.05) is 18.2 Å². The quantitative estimate of drug-likeness (QED) is 0.560. The zero-order valence-corrected chi connectivity index (χ0v) is 15.4. The van der Waals surface area contributed by atoms with Crippen molar-refractivity contribution in [3.63, 3.8) is 0 Å². The van der Waals surface area contributed by atoms with Crippen LogP contribution in [0.2, 0.25) is 0 Å². The highest BCUT2D eigenvalue weighted by molar-refractivity contribution is 7.80. The van der Waals surface area contributed by atoms with Crippen molar-refractivity contribution in [2.75, 3.05) is 6.54 Å². The maximum Gasteiger partial charge on any atom is 0.276 e. The maximum absolute atomic E-state index is 12.3. The summed E-state index contributed by atoms with van der Waals surface area (Å²) >= 11 is 5.17. The highest BCUT2D eigenvalue weighted by Crippen LogP contribution is 2.24. The fraction of sp³-hybridized carbons (Fsp3) is 0.0952. The normalized spacial score (nSPS) is 15.6. The lowest BCUT2D eigenvalue weighted by Gasteiger charge is -2.08. The van der Waals surface area contributed by atoms with Crippen molar-refractivity contribution >= 4 is 40.3 Å². The van der Waals surface area contributed by atoms with Gasteiger partial charge < -0.3 is 9.73 Å². The van der Waals surface area contributed by atoms with Crippen molar-refractivity contribution in [1.29, 1.82) is 0 Å². The van der Waals surface area contributed by atoms with Crippen LogP contribution in [0.5, 0.6) is 0 Å². The predicted octanol–water partition coefficient (Wildman–Crippen LogP) is 3.54. The van der Waals surface area contributed by atoms with Crippen molar-refractivity contribution in [2.45, 2.75) is 6.92 Å². The molecule has 0 unspecified atom stereocenters. The number of carbonyl (C=O) groups excluding carboxylic acids is 1. The molecule has 0 bridgehead atoms. The second-order valence-corrected chi connectivity index (χ2v) is 6.52. The highest BCUT2D eigenvalue weighted by atomic mass is 32.1. The molecule has 1 amide bonds. The van der Waals surface area contributed by atoms with Crippen LogP contribution in [-0.4, -0.2) is 22.5 Å². The molecule has 6 heteroatoms. The predicted molar refractivity (Wildman–Crippen MR) is 109 cm³/mol. The van der Waals surface area contributed by atoms with Gasteiger partial charge in [0.1, 0.15) is 17.0 Å². The molecule has 27 heavy (non-hydrogen) atoms. The minimum atomic E-state index is -0.148. The van der Waals surface area contributed by atoms with E-state index in [9.17, 15) is 9.59 Å². The number of thiocarbonyl (C=S) groups is 1. The molecule has 2 aromatic carbocycles. The van der Waals surface area contributed by atoms with Gasteiger partial charge in [0.05, 0.1) is 5.39 Å². The van der Waals surface area contributed by atoms with E-state index in [1.807, 2.05) is 37.3 Å². The summed E-state index contributed by atoms with van der Waals surface area (Å²) in [5, 5.41) is 3.90. The number of benzene rings is 2. The highest BCUT2D eigenvalue weighted by Gasteiger charge is 2.28. The fourth-order valence-corrected chi connectivity index (χ4v) is 3.38. The molecule has 3 aromatic rings. The van der Waals surface area contributed by atoms with Crippen molar-refractivity contribution in [1.82, 2.24) is 10.2 Å². The van der Waals surface area contributed by atoms with Crippen molar-refractivity contribution in [3.05, 3.63) is 76.1 Å². The van der Waals surface area contributed by atoms with E-state index in [1.165, 1.54) is 11.0 Å². The van der Waals surface area contributed by atoms with E-state index in [0.29, 0.717) is 34.1 Å². The molecular weight excluding hydrogens is 360 g/mol. The SMILES string of the molecule is CCN1C(=O)/C(=C\c2cccc(-c3cc(=O)c4ccccc4o3)c2)NC1=S. The van der Waals surface area contributed by atoms with Gasteiger partial charge in [-0.15, -0.1) is 0 Å². The van der Waals surface area contributed by atoms with Crippen LogP contribution in [0.25, 0.3) is 28.4 Å². The van der Waals surface area contributed by atoms with E-state index in [1.54, 1.807) is 24.3 Å². The number of para-hydroxylation sites is 1. The first kappa shape index (κ1) is 17.2. The van der Waals surface area contributed by atoms with Crippen LogP contribution in [0, 0.1) is 0 Å². The third kappa shape index (κ3) is 3.15. The lowest BCUT2D eigenvalue weighted by atomic mass is 10.1. The summed E-state index contributed by atoms with van der Waals surface area (Å²) in [4.78, 5) is 26.2. The summed E-state index contributed by atoms with van der Waals surface area (Å²) in [5.74, 6) is 0.334. The Balaban J connectivity index is 1.74. The molecule has 0 radical (unpaired) electrons. The number of carbonyl (C=O) groups is 1. The number of hydrogen-bond donors (Lipinski definition) is 1. The lowest BCUT2D eigenvalue weighted by molar-refractivity contribution is -0.122. The molecule has 1 aliphatic rings. The molecule has 0 saturated carbocycles. The van der Waals surface area contributed by atoms with E-state index in [4.69, 9.17) is 16.6 Å². The van der Waals surface area contributed by atoms with Gasteiger partial charge in [-0.3, -0.25) is 14.5 Å². The van der Waals surface area contributed by atoms with Gasteiger partial charge in [0.15, 0.2) is 10.5 Å². The Bertz CT molecular complexity index is 1160. The number of amides is 1. The van der Waals surface area contributed by atoms with Gasteiger partial charge in [-0.1, -0.05) is 30.3 Å². The Morgan fingerprint density at radius 2 is 1.93 bits per heavy atom. The molecule has 0 spiro atoms. The van der Waals surface area contributed by atoms with Gasteiger partial charge in [-0.05, 0) is 49.0 Å². The van der Waals surface area contributed by atoms with Gasteiger partial charge in [-0.25, -0.2) is 0 Å². The first-order valence-corrected chi connectivity index (χ1v) is 8.95. The van der Waals surface area contributed by atoms with Crippen molar-refractivity contribution in [3.8, 4) is 11.3 Å². The van der Waals surface area contributed by atoms with Crippen LogP contribution in [-0.2, 0) is 4.79 Å². The molecule has 1 aromatic heterocycles. The molecule has 0 atom stereocenters. The summed E-state index contributed by atoms with van der Waals surface area (Å²) in [6.45, 7) is 2.39. The molecule has 2 heterocycles. The van der Waals surface area contributed by atoms with E-state index in [-0.39, 0.29) is 11.3 Å². The zero-order chi connectivity index (χ0) is 19.0. The van der Waals surface area contributed by atoms with Crippen LogP contribution in [0.15, 0.2) is 69.5 Å². The molecule has 0 aliphatic carbocycles. The lowest BCUT2D eigenvalue weighted by Crippen LogP contribution is -2.30. The summed E-state index contributed by atoms with van der Waals surface area (Å²) in [6, 6.07) is 16.1. The Hall–Kier alpha value is -3.25. The first-order valence-electron chi connectivity index (χ1n) is 8.54. The van der Waals surface area contributed by atoms with Gasteiger partial charge in [0.25, 0.3) is 5.91 Å². The Morgan fingerprint density at radius 3 is 2.70 bits per heavy atom. The smallest absolute Gasteiger partial charge is 0.276 e. The summed E-state index contributed by atoms with van der Waals surface area (Å²) in [5.41, 5.74) is 2.44. The van der Waals surface area contributed by atoms with Crippen molar-refractivity contribution < 1.29 is 9.21 Å². The minimum absolute atomic E-state index is 0.0906. The van der Waals surface area contributed by atoms with Crippen molar-refractivity contribution in [2.24, 2.45) is 0 Å². The van der Waals surface area contributed by atoms with E-state index < -0.39 is 0 Å². The first-order chi connectivity index (χ1) is 13.1. The second kappa shape index (κ2) is 6.81. The average molecular weight is 376 g/mol. The maximum atomic E-state index is 12.3. The Labute approximate surface area is 160 Å². The van der Waals surface area contributed by atoms with Gasteiger partial charge in [0.2, 0.25) is 0 Å². The summed E-state index contributed by atoms with van der Waals surface area (Å²) in [6.07, 6.45) is 1.74. The number of hydrogen-bond acceptors (Lipinski definition) is 4. The molecule has 5 nitrogen and oxygen atoms in total. The third-order valence-corrected chi connectivity index (χ3v) is 4.72. The topological polar surface area (TPSA) is 62.6 Å². The van der Waals surface area contributed by atoms with Crippen LogP contribution in [0.4, 0.5) is 0 Å². The molecule has 1 N–H and O–H groups in total. The number of fused-ring (bicyclic) bond motifs is 1. The number of nitrogens with one attached hydrogen (secondary N) is 1. The monoisotopic (exact) mass is 376 g/mol. The summed E-state index contributed by atoms with van der Waals surface area (Å²) < 4.78 is 5.89. The number of nitrogens with zero attached hydrogens (tertiary/aromatic N) is 1. The largest absolute Gasteiger partial charge is 0.456 e. The van der Waals surface area contributed by atoms with E-state index in [2.05, 4.69) is 5.32 Å². The third-order valence-electron chi connectivity index (χ3n) is 4.40. The average Bonchev–Trinajstić information content (AvgIpc) is 2.94. The molecular formula is C21H16N2O3S. The number of likely N-dealkylation sites (N-methyl/N-ethyl adjacent to an activating group) is 1. The van der Waals surface area contributed by atoms with E-state index >= 15 is 0 Å².